The first kappa shape index (κ1) is 23.6. The Labute approximate surface area is 198 Å². The Morgan fingerprint density at radius 2 is 1.71 bits per heavy atom. The van der Waals surface area contributed by atoms with Crippen LogP contribution in [0.15, 0.2) is 54.7 Å². The van der Waals surface area contributed by atoms with E-state index in [1.165, 1.54) is 6.07 Å². The van der Waals surface area contributed by atoms with E-state index in [1.807, 2.05) is 25.1 Å². The minimum atomic E-state index is -0.280. The second kappa shape index (κ2) is 10.5. The van der Waals surface area contributed by atoms with Gasteiger partial charge in [0.25, 0.3) is 0 Å². The van der Waals surface area contributed by atoms with Gasteiger partial charge in [0.2, 0.25) is 0 Å². The topological polar surface area (TPSA) is 24.3 Å². The Kier molecular flexibility index (Phi) is 8.00. The zero-order chi connectivity index (χ0) is 21.1. The third-order valence-electron chi connectivity index (χ3n) is 5.37. The first-order valence-corrected chi connectivity index (χ1v) is 10.7. The summed E-state index contributed by atoms with van der Waals surface area (Å²) in [6, 6.07) is 12.3. The van der Waals surface area contributed by atoms with Gasteiger partial charge in [0, 0.05) is 59.7 Å². The molecule has 1 fully saturated rings. The van der Waals surface area contributed by atoms with Crippen molar-refractivity contribution in [2.45, 2.75) is 6.92 Å². The number of piperazine rings is 1. The van der Waals surface area contributed by atoms with Crippen LogP contribution in [0.2, 0.25) is 10.0 Å². The van der Waals surface area contributed by atoms with Gasteiger partial charge in [-0.1, -0.05) is 47.5 Å². The summed E-state index contributed by atoms with van der Waals surface area (Å²) in [5.41, 5.74) is 3.44. The van der Waals surface area contributed by atoms with E-state index in [0.29, 0.717) is 15.7 Å². The van der Waals surface area contributed by atoms with E-state index in [2.05, 4.69) is 27.1 Å². The number of hydrogen-bond acceptors (Lipinski definition) is 3. The van der Waals surface area contributed by atoms with E-state index in [9.17, 15) is 4.39 Å². The molecule has 0 atom stereocenters. The summed E-state index contributed by atoms with van der Waals surface area (Å²) in [6.45, 7) is 6.58. The van der Waals surface area contributed by atoms with Crippen molar-refractivity contribution in [1.29, 1.82) is 0 Å². The number of rotatable bonds is 5. The van der Waals surface area contributed by atoms with Crippen molar-refractivity contribution >= 4 is 47.4 Å². The first-order valence-electron chi connectivity index (χ1n) is 9.91. The molecule has 0 bridgehead atoms. The number of halogens is 4. The molecule has 3 aromatic rings. The summed E-state index contributed by atoms with van der Waals surface area (Å²) in [4.78, 5) is 4.70. The molecule has 0 radical (unpaired) electrons. The number of aromatic nitrogens is 2. The van der Waals surface area contributed by atoms with Crippen LogP contribution in [0.3, 0.4) is 0 Å². The average molecular weight is 482 g/mol. The molecule has 0 saturated carbocycles. The molecular weight excluding hydrogens is 458 g/mol. The van der Waals surface area contributed by atoms with Gasteiger partial charge in [-0.25, -0.2) is 9.07 Å². The third-order valence-corrected chi connectivity index (χ3v) is 5.81. The van der Waals surface area contributed by atoms with Crippen molar-refractivity contribution in [3.05, 3.63) is 81.9 Å². The van der Waals surface area contributed by atoms with Crippen LogP contribution in [0.25, 0.3) is 11.8 Å². The second-order valence-electron chi connectivity index (χ2n) is 7.37. The van der Waals surface area contributed by atoms with Gasteiger partial charge in [-0.05, 0) is 37.3 Å². The van der Waals surface area contributed by atoms with Gasteiger partial charge in [-0.2, -0.15) is 5.10 Å². The SMILES string of the molecule is Cc1c(/C=C/CN2CCN(c3cc(Cl)cc(Cl)c3)CC2)cnn1-c1ccccc1F.Cl. The maximum atomic E-state index is 14.1. The smallest absolute Gasteiger partial charge is 0.148 e. The molecule has 31 heavy (non-hydrogen) atoms. The number of benzene rings is 2. The maximum absolute atomic E-state index is 14.1. The molecule has 1 aromatic heterocycles. The minimum Gasteiger partial charge on any atom is -0.369 e. The molecule has 0 amide bonds. The van der Waals surface area contributed by atoms with Crippen LogP contribution in [-0.2, 0) is 0 Å². The van der Waals surface area contributed by atoms with E-state index in [4.69, 9.17) is 23.2 Å². The summed E-state index contributed by atoms with van der Waals surface area (Å²) in [5.74, 6) is -0.280. The zero-order valence-corrected chi connectivity index (χ0v) is 19.5. The van der Waals surface area contributed by atoms with Gasteiger partial charge in [-0.3, -0.25) is 4.90 Å². The molecular formula is C23H24Cl3FN4. The number of nitrogens with zero attached hydrogens (tertiary/aromatic N) is 4. The summed E-state index contributed by atoms with van der Waals surface area (Å²) in [6.07, 6.45) is 5.98. The largest absolute Gasteiger partial charge is 0.369 e. The van der Waals surface area contributed by atoms with Crippen molar-refractivity contribution in [2.24, 2.45) is 0 Å². The normalized spacial score (nSPS) is 14.8. The van der Waals surface area contributed by atoms with Crippen LogP contribution in [0.1, 0.15) is 11.3 Å². The monoisotopic (exact) mass is 480 g/mol. The zero-order valence-electron chi connectivity index (χ0n) is 17.1. The van der Waals surface area contributed by atoms with Crippen LogP contribution in [0, 0.1) is 12.7 Å². The van der Waals surface area contributed by atoms with Crippen molar-refractivity contribution in [3.63, 3.8) is 0 Å². The van der Waals surface area contributed by atoms with Gasteiger partial charge in [-0.15, -0.1) is 12.4 Å². The molecule has 8 heteroatoms. The van der Waals surface area contributed by atoms with Crippen LogP contribution < -0.4 is 4.90 Å². The molecule has 0 spiro atoms. The summed E-state index contributed by atoms with van der Waals surface area (Å²) < 4.78 is 15.7. The van der Waals surface area contributed by atoms with Gasteiger partial charge < -0.3 is 4.90 Å². The van der Waals surface area contributed by atoms with Crippen LogP contribution in [0.5, 0.6) is 0 Å². The molecule has 2 heterocycles. The quantitative estimate of drug-likeness (QED) is 0.454. The molecule has 4 nitrogen and oxygen atoms in total. The lowest BCUT2D eigenvalue weighted by Crippen LogP contribution is -2.46. The Morgan fingerprint density at radius 3 is 2.39 bits per heavy atom. The second-order valence-corrected chi connectivity index (χ2v) is 8.24. The van der Waals surface area contributed by atoms with Gasteiger partial charge >= 0.3 is 0 Å². The fraction of sp³-hybridized carbons (Fsp3) is 0.261. The average Bonchev–Trinajstić information content (AvgIpc) is 3.08. The molecule has 4 rings (SSSR count). The Morgan fingerprint density at radius 1 is 1.03 bits per heavy atom. The number of anilines is 1. The van der Waals surface area contributed by atoms with Crippen LogP contribution in [0.4, 0.5) is 10.1 Å². The van der Waals surface area contributed by atoms with E-state index < -0.39 is 0 Å². The fourth-order valence-electron chi connectivity index (χ4n) is 3.69. The highest BCUT2D eigenvalue weighted by Crippen LogP contribution is 2.26. The summed E-state index contributed by atoms with van der Waals surface area (Å²) >= 11 is 12.3. The van der Waals surface area contributed by atoms with E-state index in [0.717, 1.165) is 49.7 Å². The Bertz CT molecular complexity index is 1040. The molecule has 2 aromatic carbocycles. The molecule has 1 saturated heterocycles. The molecule has 1 aliphatic rings. The molecule has 0 unspecified atom stereocenters. The summed E-state index contributed by atoms with van der Waals surface area (Å²) in [7, 11) is 0. The Hall–Kier alpha value is -2.05. The summed E-state index contributed by atoms with van der Waals surface area (Å²) in [5, 5.41) is 5.68. The highest BCUT2D eigenvalue weighted by atomic mass is 35.5. The van der Waals surface area contributed by atoms with E-state index in [1.54, 1.807) is 29.1 Å². The molecule has 164 valence electrons. The van der Waals surface area contributed by atoms with Crippen molar-refractivity contribution in [3.8, 4) is 5.69 Å². The van der Waals surface area contributed by atoms with Crippen molar-refractivity contribution < 1.29 is 4.39 Å². The number of para-hydroxylation sites is 1. The molecule has 0 aliphatic carbocycles. The molecule has 1 aliphatic heterocycles. The van der Waals surface area contributed by atoms with Crippen molar-refractivity contribution in [2.75, 3.05) is 37.6 Å². The van der Waals surface area contributed by atoms with Gasteiger partial charge in [0.05, 0.1) is 6.20 Å². The lowest BCUT2D eigenvalue weighted by atomic mass is 10.2. The van der Waals surface area contributed by atoms with Gasteiger partial charge in [0.1, 0.15) is 11.5 Å². The molecule has 0 N–H and O–H groups in total. The lowest BCUT2D eigenvalue weighted by Gasteiger charge is -2.35. The maximum Gasteiger partial charge on any atom is 0.148 e. The fourth-order valence-corrected chi connectivity index (χ4v) is 4.21. The standard InChI is InChI=1S/C23H23Cl2FN4.ClH/c1-17-18(16-27-30(17)23-7-3-2-6-22(23)26)5-4-8-28-9-11-29(12-10-28)21-14-19(24)13-20(25)15-21;/h2-7,13-16H,8-12H2,1H3;1H/b5-4+;. The predicted molar refractivity (Wildman–Crippen MR) is 130 cm³/mol. The van der Waals surface area contributed by atoms with Crippen LogP contribution in [-0.4, -0.2) is 47.4 Å². The first-order chi connectivity index (χ1) is 14.5. The highest BCUT2D eigenvalue weighted by Gasteiger charge is 2.17. The lowest BCUT2D eigenvalue weighted by molar-refractivity contribution is 0.284. The van der Waals surface area contributed by atoms with E-state index >= 15 is 0 Å². The predicted octanol–water partition coefficient (Wildman–Crippen LogP) is 5.88. The minimum absolute atomic E-state index is 0. The van der Waals surface area contributed by atoms with Crippen molar-refractivity contribution in [1.82, 2.24) is 14.7 Å². The van der Waals surface area contributed by atoms with Gasteiger partial charge in [0.15, 0.2) is 0 Å². The van der Waals surface area contributed by atoms with Crippen LogP contribution >= 0.6 is 35.6 Å². The highest BCUT2D eigenvalue weighted by molar-refractivity contribution is 6.35. The number of hydrogen-bond donors (Lipinski definition) is 0. The Balaban J connectivity index is 0.00000272. The van der Waals surface area contributed by atoms with E-state index in [-0.39, 0.29) is 18.2 Å². The third kappa shape index (κ3) is 5.60.